The standard InChI is InChI=1S/C12H12BrN3O2/c1-8(2)18-12(17)9(5-14)6-15-11-4-3-10(13)7-16-11/h3-4,6-8H,1-2H3,(H,15,16)/b9-6+. The molecule has 0 bridgehead atoms. The highest BCUT2D eigenvalue weighted by Gasteiger charge is 2.11. The number of carbonyl (C=O) groups excluding carboxylic acids is 1. The number of aromatic nitrogens is 1. The second-order valence-electron chi connectivity index (χ2n) is 3.63. The molecular weight excluding hydrogens is 298 g/mol. The summed E-state index contributed by atoms with van der Waals surface area (Å²) in [6.07, 6.45) is 2.62. The van der Waals surface area contributed by atoms with E-state index in [-0.39, 0.29) is 11.7 Å². The molecule has 1 N–H and O–H groups in total. The number of rotatable bonds is 4. The molecule has 0 aromatic carbocycles. The number of halogens is 1. The molecule has 0 aliphatic carbocycles. The molecule has 0 fully saturated rings. The van der Waals surface area contributed by atoms with Gasteiger partial charge in [-0.05, 0) is 41.9 Å². The lowest BCUT2D eigenvalue weighted by Gasteiger charge is -2.06. The Hall–Kier alpha value is -1.87. The number of ether oxygens (including phenoxy) is 1. The van der Waals surface area contributed by atoms with Crippen molar-refractivity contribution in [3.05, 3.63) is 34.6 Å². The van der Waals surface area contributed by atoms with E-state index in [1.165, 1.54) is 6.20 Å². The number of hydrogen-bond acceptors (Lipinski definition) is 5. The van der Waals surface area contributed by atoms with Crippen molar-refractivity contribution in [2.45, 2.75) is 20.0 Å². The molecule has 94 valence electrons. The first-order valence-electron chi connectivity index (χ1n) is 5.22. The fourth-order valence-electron chi connectivity index (χ4n) is 1.02. The third kappa shape index (κ3) is 4.55. The Bertz CT molecular complexity index is 489. The van der Waals surface area contributed by atoms with Gasteiger partial charge < -0.3 is 10.1 Å². The fourth-order valence-corrected chi connectivity index (χ4v) is 1.26. The van der Waals surface area contributed by atoms with Crippen molar-refractivity contribution in [2.75, 3.05) is 5.32 Å². The van der Waals surface area contributed by atoms with Gasteiger partial charge in [-0.15, -0.1) is 0 Å². The van der Waals surface area contributed by atoms with Crippen LogP contribution in [0, 0.1) is 11.3 Å². The Morgan fingerprint density at radius 3 is 2.83 bits per heavy atom. The Kier molecular flexibility index (Phi) is 5.33. The summed E-state index contributed by atoms with van der Waals surface area (Å²) < 4.78 is 5.76. The zero-order valence-corrected chi connectivity index (χ0v) is 11.6. The van der Waals surface area contributed by atoms with Gasteiger partial charge in [-0.3, -0.25) is 0 Å². The van der Waals surface area contributed by atoms with Gasteiger partial charge in [0.25, 0.3) is 0 Å². The average molecular weight is 310 g/mol. The molecule has 0 spiro atoms. The van der Waals surface area contributed by atoms with Gasteiger partial charge in [-0.25, -0.2) is 9.78 Å². The molecule has 5 nitrogen and oxygen atoms in total. The van der Waals surface area contributed by atoms with Gasteiger partial charge in [0.2, 0.25) is 0 Å². The van der Waals surface area contributed by atoms with Gasteiger partial charge in [0.05, 0.1) is 6.10 Å². The van der Waals surface area contributed by atoms with Crippen LogP contribution in [0.25, 0.3) is 0 Å². The van der Waals surface area contributed by atoms with E-state index >= 15 is 0 Å². The summed E-state index contributed by atoms with van der Waals surface area (Å²) in [7, 11) is 0. The first-order chi connectivity index (χ1) is 8.52. The van der Waals surface area contributed by atoms with Crippen LogP contribution in [-0.2, 0) is 9.53 Å². The molecule has 0 saturated carbocycles. The first-order valence-corrected chi connectivity index (χ1v) is 6.01. The van der Waals surface area contributed by atoms with Crippen LogP contribution in [0.1, 0.15) is 13.8 Å². The predicted octanol–water partition coefficient (Wildman–Crippen LogP) is 2.62. The van der Waals surface area contributed by atoms with E-state index in [4.69, 9.17) is 10.00 Å². The van der Waals surface area contributed by atoms with E-state index in [9.17, 15) is 4.79 Å². The van der Waals surface area contributed by atoms with Crippen molar-refractivity contribution in [3.63, 3.8) is 0 Å². The molecule has 0 radical (unpaired) electrons. The van der Waals surface area contributed by atoms with Crippen molar-refractivity contribution < 1.29 is 9.53 Å². The number of nitriles is 1. The van der Waals surface area contributed by atoms with Crippen molar-refractivity contribution in [1.82, 2.24) is 4.98 Å². The van der Waals surface area contributed by atoms with Crippen LogP contribution in [0.15, 0.2) is 34.6 Å². The molecule has 1 aromatic heterocycles. The van der Waals surface area contributed by atoms with Crippen LogP contribution >= 0.6 is 15.9 Å². The van der Waals surface area contributed by atoms with Crippen LogP contribution in [0.2, 0.25) is 0 Å². The highest BCUT2D eigenvalue weighted by Crippen LogP contribution is 2.11. The number of hydrogen-bond donors (Lipinski definition) is 1. The van der Waals surface area contributed by atoms with Gasteiger partial charge in [0.15, 0.2) is 5.57 Å². The summed E-state index contributed by atoms with van der Waals surface area (Å²) in [6, 6.07) is 5.28. The second-order valence-corrected chi connectivity index (χ2v) is 4.55. The molecule has 1 rings (SSSR count). The van der Waals surface area contributed by atoms with Gasteiger partial charge in [-0.2, -0.15) is 5.26 Å². The Balaban J connectivity index is 2.72. The minimum atomic E-state index is -0.655. The van der Waals surface area contributed by atoms with Crippen molar-refractivity contribution in [2.24, 2.45) is 0 Å². The van der Waals surface area contributed by atoms with Gasteiger partial charge >= 0.3 is 5.97 Å². The normalized spacial score (nSPS) is 10.9. The molecule has 6 heteroatoms. The summed E-state index contributed by atoms with van der Waals surface area (Å²) in [5.41, 5.74) is -0.103. The van der Waals surface area contributed by atoms with E-state index in [0.29, 0.717) is 5.82 Å². The molecule has 0 aliphatic heterocycles. The van der Waals surface area contributed by atoms with Crippen molar-refractivity contribution in [1.29, 1.82) is 5.26 Å². The van der Waals surface area contributed by atoms with E-state index in [1.807, 2.05) is 0 Å². The zero-order chi connectivity index (χ0) is 13.5. The quantitative estimate of drug-likeness (QED) is 0.525. The summed E-state index contributed by atoms with van der Waals surface area (Å²) in [5.74, 6) is -0.125. The maximum Gasteiger partial charge on any atom is 0.350 e. The van der Waals surface area contributed by atoms with Crippen molar-refractivity contribution >= 4 is 27.7 Å². The number of carbonyl (C=O) groups is 1. The molecule has 0 aliphatic rings. The SMILES string of the molecule is CC(C)OC(=O)/C(C#N)=C/Nc1ccc(Br)cn1. The van der Waals surface area contributed by atoms with E-state index < -0.39 is 5.97 Å². The third-order valence-electron chi connectivity index (χ3n) is 1.77. The van der Waals surface area contributed by atoms with Gasteiger partial charge in [0, 0.05) is 16.9 Å². The van der Waals surface area contributed by atoms with Gasteiger partial charge in [-0.1, -0.05) is 0 Å². The monoisotopic (exact) mass is 309 g/mol. The van der Waals surface area contributed by atoms with Gasteiger partial charge in [0.1, 0.15) is 11.9 Å². The Labute approximate surface area is 114 Å². The number of nitrogens with one attached hydrogen (secondary N) is 1. The van der Waals surface area contributed by atoms with Crippen LogP contribution in [-0.4, -0.2) is 17.1 Å². The largest absolute Gasteiger partial charge is 0.459 e. The minimum absolute atomic E-state index is 0.103. The molecular formula is C12H12BrN3O2. The highest BCUT2D eigenvalue weighted by molar-refractivity contribution is 9.10. The topological polar surface area (TPSA) is 75.0 Å². The summed E-state index contributed by atoms with van der Waals surface area (Å²) >= 11 is 3.26. The Morgan fingerprint density at radius 2 is 2.33 bits per heavy atom. The zero-order valence-electron chi connectivity index (χ0n) is 9.98. The summed E-state index contributed by atoms with van der Waals surface area (Å²) in [6.45, 7) is 3.44. The average Bonchev–Trinajstić information content (AvgIpc) is 2.31. The lowest BCUT2D eigenvalue weighted by Crippen LogP contribution is -2.13. The minimum Gasteiger partial charge on any atom is -0.459 e. The smallest absolute Gasteiger partial charge is 0.350 e. The lowest BCUT2D eigenvalue weighted by molar-refractivity contribution is -0.142. The molecule has 0 atom stereocenters. The van der Waals surface area contributed by atoms with E-state index in [1.54, 1.807) is 38.2 Å². The molecule has 0 amide bonds. The van der Waals surface area contributed by atoms with Crippen molar-refractivity contribution in [3.8, 4) is 6.07 Å². The molecule has 0 unspecified atom stereocenters. The maximum atomic E-state index is 11.5. The fraction of sp³-hybridized carbons (Fsp3) is 0.250. The third-order valence-corrected chi connectivity index (χ3v) is 2.24. The molecule has 18 heavy (non-hydrogen) atoms. The maximum absolute atomic E-state index is 11.5. The second kappa shape index (κ2) is 6.77. The molecule has 0 saturated heterocycles. The number of esters is 1. The molecule has 1 heterocycles. The van der Waals surface area contributed by atoms with E-state index in [2.05, 4.69) is 26.2 Å². The lowest BCUT2D eigenvalue weighted by atomic mass is 10.3. The van der Waals surface area contributed by atoms with E-state index in [0.717, 1.165) is 4.47 Å². The van der Waals surface area contributed by atoms with Crippen LogP contribution in [0.4, 0.5) is 5.82 Å². The number of pyridine rings is 1. The van der Waals surface area contributed by atoms with Crippen LogP contribution < -0.4 is 5.32 Å². The first kappa shape index (κ1) is 14.2. The van der Waals surface area contributed by atoms with Crippen LogP contribution in [0.5, 0.6) is 0 Å². The molecule has 1 aromatic rings. The number of anilines is 1. The predicted molar refractivity (Wildman–Crippen MR) is 70.5 cm³/mol. The summed E-state index contributed by atoms with van der Waals surface area (Å²) in [4.78, 5) is 15.5. The Morgan fingerprint density at radius 1 is 1.61 bits per heavy atom. The highest BCUT2D eigenvalue weighted by atomic mass is 79.9. The number of nitrogens with zero attached hydrogens (tertiary/aromatic N) is 2. The summed E-state index contributed by atoms with van der Waals surface area (Å²) in [5, 5.41) is 11.6. The van der Waals surface area contributed by atoms with Crippen LogP contribution in [0.3, 0.4) is 0 Å².